The van der Waals surface area contributed by atoms with Crippen LogP contribution >= 0.6 is 24.0 Å². The lowest BCUT2D eigenvalue weighted by atomic mass is 10.1. The first kappa shape index (κ1) is 22.5. The molecule has 0 aliphatic carbocycles. The molecule has 0 aliphatic rings. The Morgan fingerprint density at radius 1 is 1.38 bits per heavy atom. The van der Waals surface area contributed by atoms with Crippen molar-refractivity contribution in [2.75, 3.05) is 13.1 Å². The van der Waals surface area contributed by atoms with Gasteiger partial charge in [-0.3, -0.25) is 0 Å². The van der Waals surface area contributed by atoms with Crippen molar-refractivity contribution in [2.45, 2.75) is 46.8 Å². The van der Waals surface area contributed by atoms with Gasteiger partial charge in [-0.15, -0.1) is 30.4 Å². The van der Waals surface area contributed by atoms with Gasteiger partial charge in [0.2, 0.25) is 5.88 Å². The van der Waals surface area contributed by atoms with Crippen molar-refractivity contribution in [1.82, 2.24) is 15.6 Å². The lowest BCUT2D eigenvalue weighted by molar-refractivity contribution is 0.185. The largest absolute Gasteiger partial charge is 0.475 e. The van der Waals surface area contributed by atoms with Crippen molar-refractivity contribution in [3.63, 3.8) is 0 Å². The zero-order chi connectivity index (χ0) is 17.1. The van der Waals surface area contributed by atoms with Crippen LogP contribution in [0.3, 0.4) is 0 Å². The van der Waals surface area contributed by atoms with Crippen LogP contribution in [0.4, 0.5) is 0 Å². The van der Waals surface area contributed by atoms with E-state index in [1.54, 1.807) is 6.20 Å². The van der Waals surface area contributed by atoms with E-state index in [4.69, 9.17) is 11.2 Å². The zero-order valence-corrected chi connectivity index (χ0v) is 17.3. The smallest absolute Gasteiger partial charge is 0.213 e. The number of rotatable bonds is 8. The molecule has 0 spiro atoms. The molecule has 0 fully saturated rings. The number of halogens is 1. The SMILES string of the molecule is C#CCNC(=NCc1ccnc(OC(C)CC(C)C)c1)NCC.I. The van der Waals surface area contributed by atoms with Crippen molar-refractivity contribution in [3.05, 3.63) is 23.9 Å². The van der Waals surface area contributed by atoms with E-state index >= 15 is 0 Å². The van der Waals surface area contributed by atoms with E-state index < -0.39 is 0 Å². The van der Waals surface area contributed by atoms with Gasteiger partial charge in [0, 0.05) is 18.8 Å². The Morgan fingerprint density at radius 2 is 2.12 bits per heavy atom. The second kappa shape index (κ2) is 12.9. The molecule has 1 aromatic heterocycles. The van der Waals surface area contributed by atoms with E-state index in [1.807, 2.05) is 19.1 Å². The molecule has 1 aromatic rings. The van der Waals surface area contributed by atoms with Crippen LogP contribution in [0.5, 0.6) is 5.88 Å². The van der Waals surface area contributed by atoms with E-state index in [-0.39, 0.29) is 30.1 Å². The summed E-state index contributed by atoms with van der Waals surface area (Å²) >= 11 is 0. The first-order valence-corrected chi connectivity index (χ1v) is 8.12. The molecule has 0 saturated carbocycles. The fraction of sp³-hybridized carbons (Fsp3) is 0.556. The lowest BCUT2D eigenvalue weighted by Crippen LogP contribution is -2.37. The predicted octanol–water partition coefficient (Wildman–Crippen LogP) is 3.20. The highest BCUT2D eigenvalue weighted by Crippen LogP contribution is 2.15. The van der Waals surface area contributed by atoms with Gasteiger partial charge in [-0.25, -0.2) is 9.98 Å². The van der Waals surface area contributed by atoms with Crippen LogP contribution in [-0.2, 0) is 6.54 Å². The minimum Gasteiger partial charge on any atom is -0.475 e. The van der Waals surface area contributed by atoms with E-state index in [0.29, 0.717) is 30.8 Å². The quantitative estimate of drug-likeness (QED) is 0.280. The highest BCUT2D eigenvalue weighted by molar-refractivity contribution is 14.0. The fourth-order valence-corrected chi connectivity index (χ4v) is 2.18. The molecule has 0 aliphatic heterocycles. The second-order valence-corrected chi connectivity index (χ2v) is 5.81. The van der Waals surface area contributed by atoms with E-state index in [9.17, 15) is 0 Å². The van der Waals surface area contributed by atoms with Crippen LogP contribution in [0.25, 0.3) is 0 Å². The molecular formula is C18H29IN4O. The van der Waals surface area contributed by atoms with Crippen LogP contribution in [0.1, 0.15) is 39.7 Å². The summed E-state index contributed by atoms with van der Waals surface area (Å²) in [4.78, 5) is 8.78. The molecule has 5 nitrogen and oxygen atoms in total. The van der Waals surface area contributed by atoms with Crippen molar-refractivity contribution >= 4 is 29.9 Å². The monoisotopic (exact) mass is 444 g/mol. The van der Waals surface area contributed by atoms with Gasteiger partial charge in [-0.2, -0.15) is 0 Å². The molecule has 1 rings (SSSR count). The van der Waals surface area contributed by atoms with Crippen LogP contribution < -0.4 is 15.4 Å². The summed E-state index contributed by atoms with van der Waals surface area (Å²) in [5, 5.41) is 6.22. The highest BCUT2D eigenvalue weighted by Gasteiger charge is 2.08. The summed E-state index contributed by atoms with van der Waals surface area (Å²) in [6, 6.07) is 3.87. The average molecular weight is 444 g/mol. The predicted molar refractivity (Wildman–Crippen MR) is 111 cm³/mol. The summed E-state index contributed by atoms with van der Waals surface area (Å²) in [5.74, 6) is 4.49. The number of aromatic nitrogens is 1. The molecule has 0 radical (unpaired) electrons. The normalized spacial score (nSPS) is 12.1. The number of terminal acetylenes is 1. The van der Waals surface area contributed by atoms with E-state index in [1.165, 1.54) is 0 Å². The Hall–Kier alpha value is -1.49. The van der Waals surface area contributed by atoms with Gasteiger partial charge < -0.3 is 15.4 Å². The van der Waals surface area contributed by atoms with Gasteiger partial charge in [-0.05, 0) is 37.8 Å². The maximum absolute atomic E-state index is 5.87. The molecule has 1 unspecified atom stereocenters. The molecule has 24 heavy (non-hydrogen) atoms. The summed E-state index contributed by atoms with van der Waals surface area (Å²) in [7, 11) is 0. The number of pyridine rings is 1. The second-order valence-electron chi connectivity index (χ2n) is 5.81. The number of hydrogen-bond donors (Lipinski definition) is 2. The van der Waals surface area contributed by atoms with Gasteiger partial charge in [0.25, 0.3) is 0 Å². The minimum absolute atomic E-state index is 0. The first-order chi connectivity index (χ1) is 11.0. The molecule has 0 bridgehead atoms. The molecule has 2 N–H and O–H groups in total. The Kier molecular flexibility index (Phi) is 12.1. The van der Waals surface area contributed by atoms with Crippen LogP contribution in [0, 0.1) is 18.3 Å². The molecule has 0 saturated heterocycles. The van der Waals surface area contributed by atoms with Crippen LogP contribution in [0.15, 0.2) is 23.3 Å². The van der Waals surface area contributed by atoms with Gasteiger partial charge in [0.15, 0.2) is 5.96 Å². The van der Waals surface area contributed by atoms with Crippen molar-refractivity contribution in [3.8, 4) is 18.2 Å². The number of guanidine groups is 1. The van der Waals surface area contributed by atoms with Gasteiger partial charge in [0.05, 0.1) is 19.2 Å². The Balaban J connectivity index is 0.00000529. The molecule has 1 heterocycles. The fourth-order valence-electron chi connectivity index (χ4n) is 2.18. The summed E-state index contributed by atoms with van der Waals surface area (Å²) in [6.45, 7) is 10.2. The van der Waals surface area contributed by atoms with Crippen LogP contribution in [0.2, 0.25) is 0 Å². The van der Waals surface area contributed by atoms with Gasteiger partial charge in [0.1, 0.15) is 0 Å². The third-order valence-electron chi connectivity index (χ3n) is 3.05. The van der Waals surface area contributed by atoms with Crippen LogP contribution in [-0.4, -0.2) is 30.1 Å². The Bertz CT molecular complexity index is 540. The number of aliphatic imine (C=N–C) groups is 1. The summed E-state index contributed by atoms with van der Waals surface area (Å²) in [6.07, 6.45) is 8.17. The Labute approximate surface area is 163 Å². The molecule has 1 atom stereocenters. The van der Waals surface area contributed by atoms with Gasteiger partial charge >= 0.3 is 0 Å². The zero-order valence-electron chi connectivity index (χ0n) is 15.0. The van der Waals surface area contributed by atoms with Gasteiger partial charge in [-0.1, -0.05) is 19.8 Å². The molecule has 0 aromatic carbocycles. The van der Waals surface area contributed by atoms with Crippen molar-refractivity contribution in [1.29, 1.82) is 0 Å². The Morgan fingerprint density at radius 3 is 2.75 bits per heavy atom. The number of hydrogen-bond acceptors (Lipinski definition) is 3. The average Bonchev–Trinajstić information content (AvgIpc) is 2.49. The first-order valence-electron chi connectivity index (χ1n) is 8.12. The topological polar surface area (TPSA) is 58.5 Å². The minimum atomic E-state index is 0. The highest BCUT2D eigenvalue weighted by atomic mass is 127. The standard InChI is InChI=1S/C18H28N4O.HI/c1-6-9-21-18(19-7-2)22-13-16-8-10-20-17(12-16)23-15(5)11-14(3)4;/h1,8,10,12,14-15H,7,9,11,13H2,2-5H3,(H2,19,21,22);1H. The van der Waals surface area contributed by atoms with Crippen molar-refractivity contribution in [2.24, 2.45) is 10.9 Å². The molecular weight excluding hydrogens is 415 g/mol. The van der Waals surface area contributed by atoms with E-state index in [0.717, 1.165) is 18.5 Å². The third-order valence-corrected chi connectivity index (χ3v) is 3.05. The maximum Gasteiger partial charge on any atom is 0.213 e. The number of ether oxygens (including phenoxy) is 1. The lowest BCUT2D eigenvalue weighted by Gasteiger charge is -2.16. The number of nitrogens with zero attached hydrogens (tertiary/aromatic N) is 2. The molecule has 0 amide bonds. The summed E-state index contributed by atoms with van der Waals surface area (Å²) in [5.41, 5.74) is 1.05. The van der Waals surface area contributed by atoms with Crippen molar-refractivity contribution < 1.29 is 4.74 Å². The molecule has 134 valence electrons. The number of nitrogens with one attached hydrogen (secondary N) is 2. The third kappa shape index (κ3) is 9.60. The maximum atomic E-state index is 5.87. The molecule has 6 heteroatoms. The van der Waals surface area contributed by atoms with E-state index in [2.05, 4.69) is 47.3 Å². The summed E-state index contributed by atoms with van der Waals surface area (Å²) < 4.78 is 5.87.